The highest BCUT2D eigenvalue weighted by Crippen LogP contribution is 2.36. The van der Waals surface area contributed by atoms with Crippen LogP contribution in [0.3, 0.4) is 0 Å². The van der Waals surface area contributed by atoms with Crippen molar-refractivity contribution in [1.82, 2.24) is 9.78 Å². The predicted octanol–water partition coefficient (Wildman–Crippen LogP) is 3.93. The number of aromatic nitrogens is 2. The van der Waals surface area contributed by atoms with Gasteiger partial charge in [-0.25, -0.2) is 4.79 Å². The molecule has 0 amide bonds. The molecule has 1 fully saturated rings. The summed E-state index contributed by atoms with van der Waals surface area (Å²) in [4.78, 5) is 12.4. The van der Waals surface area contributed by atoms with Gasteiger partial charge in [0.15, 0.2) is 0 Å². The Labute approximate surface area is 151 Å². The summed E-state index contributed by atoms with van der Waals surface area (Å²) in [5.74, 6) is -0.378. The summed E-state index contributed by atoms with van der Waals surface area (Å²) in [7, 11) is 0. The Bertz CT molecular complexity index is 675. The van der Waals surface area contributed by atoms with Crippen molar-refractivity contribution < 1.29 is 14.3 Å². The van der Waals surface area contributed by atoms with E-state index in [1.54, 1.807) is 13.1 Å². The molecule has 1 aromatic heterocycles. The second-order valence-electron chi connectivity index (χ2n) is 5.82. The van der Waals surface area contributed by atoms with Crippen LogP contribution in [0.1, 0.15) is 48.3 Å². The lowest BCUT2D eigenvalue weighted by atomic mass is 9.97. The SMILES string of the molecule is CCOC(=O)c1cnn(C2CCOCC2)c1C1=CC=C(Cl)CC1Cl. The number of ether oxygens (including phenoxy) is 2. The molecule has 2 heterocycles. The van der Waals surface area contributed by atoms with Gasteiger partial charge in [-0.15, -0.1) is 11.6 Å². The molecule has 5 nitrogen and oxygen atoms in total. The van der Waals surface area contributed by atoms with Crippen LogP contribution < -0.4 is 0 Å². The molecular formula is C17H20Cl2N2O3. The van der Waals surface area contributed by atoms with Crippen LogP contribution in [-0.2, 0) is 9.47 Å². The normalized spacial score (nSPS) is 22.0. The number of allylic oxidation sites excluding steroid dienone is 4. The summed E-state index contributed by atoms with van der Waals surface area (Å²) in [6.45, 7) is 3.48. The molecule has 1 aromatic rings. The van der Waals surface area contributed by atoms with E-state index in [2.05, 4.69) is 5.10 Å². The zero-order chi connectivity index (χ0) is 17.1. The van der Waals surface area contributed by atoms with Crippen molar-refractivity contribution in [3.05, 3.63) is 34.6 Å². The average molecular weight is 371 g/mol. The van der Waals surface area contributed by atoms with Gasteiger partial charge in [-0.1, -0.05) is 17.7 Å². The maximum absolute atomic E-state index is 12.4. The van der Waals surface area contributed by atoms with E-state index in [0.29, 0.717) is 36.8 Å². The third-order valence-electron chi connectivity index (χ3n) is 4.26. The summed E-state index contributed by atoms with van der Waals surface area (Å²) in [5.41, 5.74) is 2.04. The summed E-state index contributed by atoms with van der Waals surface area (Å²) >= 11 is 12.6. The Hall–Kier alpha value is -1.30. The quantitative estimate of drug-likeness (QED) is 0.595. The van der Waals surface area contributed by atoms with Gasteiger partial charge in [-0.2, -0.15) is 5.10 Å². The lowest BCUT2D eigenvalue weighted by molar-refractivity contribution is 0.0525. The number of alkyl halides is 1. The molecule has 1 unspecified atom stereocenters. The first kappa shape index (κ1) is 17.5. The van der Waals surface area contributed by atoms with Gasteiger partial charge in [-0.05, 0) is 31.4 Å². The van der Waals surface area contributed by atoms with Crippen LogP contribution >= 0.6 is 23.2 Å². The first-order chi connectivity index (χ1) is 11.6. The van der Waals surface area contributed by atoms with Crippen LogP contribution in [0.25, 0.3) is 5.57 Å². The highest BCUT2D eigenvalue weighted by molar-refractivity contribution is 6.33. The molecule has 0 spiro atoms. The molecule has 1 atom stereocenters. The Balaban J connectivity index is 2.05. The van der Waals surface area contributed by atoms with E-state index in [4.69, 9.17) is 32.7 Å². The van der Waals surface area contributed by atoms with Crippen molar-refractivity contribution in [2.75, 3.05) is 19.8 Å². The van der Waals surface area contributed by atoms with E-state index in [1.807, 2.05) is 16.8 Å². The fourth-order valence-electron chi connectivity index (χ4n) is 3.08. The number of hydrogen-bond acceptors (Lipinski definition) is 4. The van der Waals surface area contributed by atoms with Gasteiger partial charge in [0.05, 0.1) is 29.9 Å². The minimum absolute atomic E-state index is 0.183. The van der Waals surface area contributed by atoms with Crippen LogP contribution in [-0.4, -0.2) is 40.9 Å². The van der Waals surface area contributed by atoms with Crippen molar-refractivity contribution in [2.45, 2.75) is 37.6 Å². The first-order valence-electron chi connectivity index (χ1n) is 8.14. The largest absolute Gasteiger partial charge is 0.462 e. The molecule has 0 saturated carbocycles. The van der Waals surface area contributed by atoms with Crippen LogP contribution in [0, 0.1) is 0 Å². The van der Waals surface area contributed by atoms with E-state index in [9.17, 15) is 4.79 Å². The predicted molar refractivity (Wildman–Crippen MR) is 93.4 cm³/mol. The van der Waals surface area contributed by atoms with Gasteiger partial charge in [-0.3, -0.25) is 4.68 Å². The van der Waals surface area contributed by atoms with Gasteiger partial charge in [0.2, 0.25) is 0 Å². The summed E-state index contributed by atoms with van der Waals surface area (Å²) in [5, 5.41) is 4.88. The minimum atomic E-state index is -0.378. The lowest BCUT2D eigenvalue weighted by Crippen LogP contribution is -2.24. The van der Waals surface area contributed by atoms with Crippen molar-refractivity contribution in [3.8, 4) is 0 Å². The minimum Gasteiger partial charge on any atom is -0.462 e. The van der Waals surface area contributed by atoms with Gasteiger partial charge < -0.3 is 9.47 Å². The van der Waals surface area contributed by atoms with Crippen LogP contribution in [0.15, 0.2) is 23.4 Å². The van der Waals surface area contributed by atoms with Gasteiger partial charge in [0, 0.05) is 24.7 Å². The maximum Gasteiger partial charge on any atom is 0.341 e. The monoisotopic (exact) mass is 370 g/mol. The number of carbonyl (C=O) groups is 1. The Morgan fingerprint density at radius 1 is 1.42 bits per heavy atom. The molecule has 130 valence electrons. The second-order valence-corrected chi connectivity index (χ2v) is 6.83. The van der Waals surface area contributed by atoms with Crippen LogP contribution in [0.5, 0.6) is 0 Å². The molecule has 0 bridgehead atoms. The highest BCUT2D eigenvalue weighted by atomic mass is 35.5. The van der Waals surface area contributed by atoms with Crippen LogP contribution in [0.4, 0.5) is 0 Å². The van der Waals surface area contributed by atoms with E-state index in [0.717, 1.165) is 24.1 Å². The highest BCUT2D eigenvalue weighted by Gasteiger charge is 2.30. The van der Waals surface area contributed by atoms with E-state index in [-0.39, 0.29) is 17.4 Å². The molecule has 24 heavy (non-hydrogen) atoms. The Morgan fingerprint density at radius 3 is 2.83 bits per heavy atom. The summed E-state index contributed by atoms with van der Waals surface area (Å²) in [6.07, 6.45) is 7.52. The lowest BCUT2D eigenvalue weighted by Gasteiger charge is -2.27. The van der Waals surface area contributed by atoms with Crippen molar-refractivity contribution >= 4 is 34.7 Å². The Morgan fingerprint density at radius 2 is 2.17 bits per heavy atom. The summed E-state index contributed by atoms with van der Waals surface area (Å²) < 4.78 is 12.5. The zero-order valence-electron chi connectivity index (χ0n) is 13.5. The van der Waals surface area contributed by atoms with E-state index in [1.165, 1.54) is 0 Å². The summed E-state index contributed by atoms with van der Waals surface area (Å²) in [6, 6.07) is 0.183. The number of carbonyl (C=O) groups excluding carboxylic acids is 1. The second kappa shape index (κ2) is 7.72. The molecular weight excluding hydrogens is 351 g/mol. The topological polar surface area (TPSA) is 53.3 Å². The number of esters is 1. The van der Waals surface area contributed by atoms with Crippen molar-refractivity contribution in [2.24, 2.45) is 0 Å². The standard InChI is InChI=1S/C17H20Cl2N2O3/c1-2-24-17(22)14-10-20-21(12-5-7-23-8-6-12)16(14)13-4-3-11(18)9-15(13)19/h3-4,10,12,15H,2,5-9H2,1H3. The smallest absolute Gasteiger partial charge is 0.341 e. The molecule has 1 saturated heterocycles. The molecule has 0 aromatic carbocycles. The molecule has 7 heteroatoms. The van der Waals surface area contributed by atoms with Gasteiger partial charge >= 0.3 is 5.97 Å². The van der Waals surface area contributed by atoms with Crippen molar-refractivity contribution in [1.29, 1.82) is 0 Å². The molecule has 0 N–H and O–H groups in total. The van der Waals surface area contributed by atoms with Crippen molar-refractivity contribution in [3.63, 3.8) is 0 Å². The van der Waals surface area contributed by atoms with E-state index < -0.39 is 0 Å². The van der Waals surface area contributed by atoms with E-state index >= 15 is 0 Å². The fourth-order valence-corrected chi connectivity index (χ4v) is 3.71. The number of rotatable bonds is 4. The molecule has 3 rings (SSSR count). The van der Waals surface area contributed by atoms with Crippen LogP contribution in [0.2, 0.25) is 0 Å². The fraction of sp³-hybridized carbons (Fsp3) is 0.529. The molecule has 2 aliphatic rings. The number of nitrogens with zero attached hydrogens (tertiary/aromatic N) is 2. The number of halogens is 2. The Kier molecular flexibility index (Phi) is 5.64. The first-order valence-corrected chi connectivity index (χ1v) is 8.96. The number of hydrogen-bond donors (Lipinski definition) is 0. The molecule has 1 aliphatic heterocycles. The molecule has 0 radical (unpaired) electrons. The van der Waals surface area contributed by atoms with Gasteiger partial charge in [0.25, 0.3) is 0 Å². The molecule has 1 aliphatic carbocycles. The zero-order valence-corrected chi connectivity index (χ0v) is 15.0. The maximum atomic E-state index is 12.4. The third-order valence-corrected chi connectivity index (χ3v) is 4.93. The third kappa shape index (κ3) is 3.53. The average Bonchev–Trinajstić information content (AvgIpc) is 3.01. The van der Waals surface area contributed by atoms with Gasteiger partial charge in [0.1, 0.15) is 5.56 Å².